The van der Waals surface area contributed by atoms with Crippen LogP contribution in [0.5, 0.6) is 0 Å². The highest BCUT2D eigenvalue weighted by molar-refractivity contribution is 5.70. The first kappa shape index (κ1) is 34.6. The number of hydrogen-bond acceptors (Lipinski definition) is 3. The standard InChI is InChI=1S/C22H36O4.5CH4/c1-4-15(7-14(2)5-6-20(23)24)13-21(25)26-22(3)18-9-16-8-17(11-18)12-19(22)10-16;;;;;/h14-19H,4-13H2,1-3H3,(H,23,24);5*1H4. The summed E-state index contributed by atoms with van der Waals surface area (Å²) < 4.78 is 6.19. The summed E-state index contributed by atoms with van der Waals surface area (Å²) in [5.74, 6) is 2.75. The molecule has 2 atom stereocenters. The minimum atomic E-state index is -0.737. The van der Waals surface area contributed by atoms with Crippen LogP contribution in [0.25, 0.3) is 0 Å². The zero-order valence-corrected chi connectivity index (χ0v) is 16.7. The molecular formula is C27H56O4. The second-order valence-electron chi connectivity index (χ2n) is 9.71. The van der Waals surface area contributed by atoms with Crippen molar-refractivity contribution in [2.24, 2.45) is 35.5 Å². The first-order chi connectivity index (χ1) is 12.3. The van der Waals surface area contributed by atoms with E-state index in [0.29, 0.717) is 36.5 Å². The predicted octanol–water partition coefficient (Wildman–Crippen LogP) is 8.23. The van der Waals surface area contributed by atoms with Crippen molar-refractivity contribution >= 4 is 11.9 Å². The lowest BCUT2D eigenvalue weighted by Gasteiger charge is -2.59. The monoisotopic (exact) mass is 444 g/mol. The molecule has 4 aliphatic rings. The van der Waals surface area contributed by atoms with Gasteiger partial charge in [0.1, 0.15) is 5.60 Å². The zero-order valence-electron chi connectivity index (χ0n) is 16.7. The molecule has 4 bridgehead atoms. The summed E-state index contributed by atoms with van der Waals surface area (Å²) in [4.78, 5) is 23.5. The van der Waals surface area contributed by atoms with Crippen LogP contribution in [0, 0.1) is 35.5 Å². The maximum absolute atomic E-state index is 12.7. The Kier molecular flexibility index (Phi) is 15.8. The smallest absolute Gasteiger partial charge is 0.306 e. The van der Waals surface area contributed by atoms with E-state index >= 15 is 0 Å². The van der Waals surface area contributed by atoms with E-state index in [2.05, 4.69) is 20.8 Å². The van der Waals surface area contributed by atoms with Crippen LogP contribution in [0.4, 0.5) is 0 Å². The Hall–Kier alpha value is -1.06. The van der Waals surface area contributed by atoms with Crippen LogP contribution in [0.1, 0.15) is 122 Å². The van der Waals surface area contributed by atoms with Gasteiger partial charge in [-0.3, -0.25) is 9.59 Å². The molecule has 0 radical (unpaired) electrons. The predicted molar refractivity (Wildman–Crippen MR) is 134 cm³/mol. The maximum atomic E-state index is 12.7. The topological polar surface area (TPSA) is 63.6 Å². The molecule has 31 heavy (non-hydrogen) atoms. The van der Waals surface area contributed by atoms with Crippen LogP contribution in [-0.2, 0) is 14.3 Å². The molecule has 4 heteroatoms. The van der Waals surface area contributed by atoms with Gasteiger partial charge in [0, 0.05) is 12.8 Å². The number of rotatable bonds is 9. The van der Waals surface area contributed by atoms with Gasteiger partial charge in [0.05, 0.1) is 0 Å². The third-order valence-corrected chi connectivity index (χ3v) is 7.71. The molecule has 4 saturated carbocycles. The summed E-state index contributed by atoms with van der Waals surface area (Å²) in [5, 5.41) is 8.84. The fraction of sp³-hybridized carbons (Fsp3) is 0.926. The lowest BCUT2D eigenvalue weighted by Crippen LogP contribution is -2.58. The van der Waals surface area contributed by atoms with Crippen LogP contribution in [0.2, 0.25) is 0 Å². The van der Waals surface area contributed by atoms with Crippen molar-refractivity contribution in [2.75, 3.05) is 0 Å². The summed E-state index contributed by atoms with van der Waals surface area (Å²) in [6, 6.07) is 0. The molecule has 0 aliphatic heterocycles. The molecular weight excluding hydrogens is 388 g/mol. The molecule has 4 fully saturated rings. The number of carbonyl (C=O) groups is 2. The molecule has 4 nitrogen and oxygen atoms in total. The van der Waals surface area contributed by atoms with Crippen molar-refractivity contribution in [3.8, 4) is 0 Å². The Morgan fingerprint density at radius 2 is 1.45 bits per heavy atom. The maximum Gasteiger partial charge on any atom is 0.306 e. The van der Waals surface area contributed by atoms with E-state index < -0.39 is 5.97 Å². The first-order valence-electron chi connectivity index (χ1n) is 10.7. The molecule has 0 spiro atoms. The number of hydrogen-bond donors (Lipinski definition) is 1. The summed E-state index contributed by atoms with van der Waals surface area (Å²) in [6.45, 7) is 6.41. The SMILES string of the molecule is C.C.C.C.C.CCC(CC(=O)OC1(C)C2CC3CC(C2)CC1C3)CC(C)CCC(=O)O. The van der Waals surface area contributed by atoms with Gasteiger partial charge in [-0.1, -0.05) is 57.4 Å². The fourth-order valence-corrected chi connectivity index (χ4v) is 6.26. The quantitative estimate of drug-likeness (QED) is 0.364. The van der Waals surface area contributed by atoms with Crippen molar-refractivity contribution in [3.05, 3.63) is 0 Å². The fourth-order valence-electron chi connectivity index (χ4n) is 6.26. The van der Waals surface area contributed by atoms with Gasteiger partial charge in [-0.25, -0.2) is 0 Å². The highest BCUT2D eigenvalue weighted by Gasteiger charge is 2.57. The normalized spacial score (nSPS) is 31.3. The number of esters is 1. The molecule has 4 aliphatic carbocycles. The second-order valence-corrected chi connectivity index (χ2v) is 9.71. The third kappa shape index (κ3) is 8.09. The molecule has 0 saturated heterocycles. The van der Waals surface area contributed by atoms with Crippen LogP contribution in [0.15, 0.2) is 0 Å². The van der Waals surface area contributed by atoms with Crippen LogP contribution in [0.3, 0.4) is 0 Å². The number of aliphatic carboxylic acids is 1. The molecule has 188 valence electrons. The van der Waals surface area contributed by atoms with Crippen molar-refractivity contribution in [3.63, 3.8) is 0 Å². The molecule has 0 amide bonds. The Bertz CT molecular complexity index is 499. The summed E-state index contributed by atoms with van der Waals surface area (Å²) >= 11 is 0. The van der Waals surface area contributed by atoms with Gasteiger partial charge in [-0.05, 0) is 87.4 Å². The Morgan fingerprint density at radius 1 is 0.968 bits per heavy atom. The average molecular weight is 445 g/mol. The van der Waals surface area contributed by atoms with Gasteiger partial charge < -0.3 is 9.84 Å². The number of carboxylic acids is 1. The van der Waals surface area contributed by atoms with E-state index in [0.717, 1.165) is 24.7 Å². The van der Waals surface area contributed by atoms with Crippen LogP contribution >= 0.6 is 0 Å². The minimum absolute atomic E-state index is 0. The van der Waals surface area contributed by atoms with E-state index in [4.69, 9.17) is 9.84 Å². The molecule has 0 heterocycles. The van der Waals surface area contributed by atoms with Gasteiger partial charge in [0.15, 0.2) is 0 Å². The third-order valence-electron chi connectivity index (χ3n) is 7.71. The average Bonchev–Trinajstić information content (AvgIpc) is 2.56. The van der Waals surface area contributed by atoms with E-state index in [-0.39, 0.29) is 55.1 Å². The largest absolute Gasteiger partial charge is 0.481 e. The van der Waals surface area contributed by atoms with E-state index in [1.54, 1.807) is 0 Å². The molecule has 0 aromatic carbocycles. The summed E-state index contributed by atoms with van der Waals surface area (Å²) in [5.41, 5.74) is -0.238. The van der Waals surface area contributed by atoms with E-state index in [9.17, 15) is 9.59 Å². The van der Waals surface area contributed by atoms with E-state index in [1.165, 1.54) is 32.1 Å². The summed E-state index contributed by atoms with van der Waals surface area (Å²) in [7, 11) is 0. The number of ether oxygens (including phenoxy) is 1. The number of carbonyl (C=O) groups excluding carboxylic acids is 1. The van der Waals surface area contributed by atoms with Gasteiger partial charge in [-0.15, -0.1) is 0 Å². The molecule has 2 unspecified atom stereocenters. The van der Waals surface area contributed by atoms with E-state index in [1.807, 2.05) is 0 Å². The highest BCUT2D eigenvalue weighted by Crippen LogP contribution is 2.59. The lowest BCUT2D eigenvalue weighted by atomic mass is 9.50. The molecule has 0 aromatic rings. The van der Waals surface area contributed by atoms with Gasteiger partial charge >= 0.3 is 11.9 Å². The van der Waals surface area contributed by atoms with Crippen molar-refractivity contribution < 1.29 is 19.4 Å². The van der Waals surface area contributed by atoms with Crippen LogP contribution < -0.4 is 0 Å². The number of carboxylic acid groups (broad SMARTS) is 1. The molecule has 1 N–H and O–H groups in total. The van der Waals surface area contributed by atoms with Gasteiger partial charge in [-0.2, -0.15) is 0 Å². The first-order valence-corrected chi connectivity index (χ1v) is 10.7. The van der Waals surface area contributed by atoms with Gasteiger partial charge in [0.2, 0.25) is 0 Å². The Morgan fingerprint density at radius 3 is 1.87 bits per heavy atom. The molecule has 4 rings (SSSR count). The summed E-state index contributed by atoms with van der Waals surface area (Å²) in [6.07, 6.45) is 9.64. The van der Waals surface area contributed by atoms with Gasteiger partial charge in [0.25, 0.3) is 0 Å². The van der Waals surface area contributed by atoms with Crippen molar-refractivity contribution in [1.82, 2.24) is 0 Å². The van der Waals surface area contributed by atoms with Crippen molar-refractivity contribution in [1.29, 1.82) is 0 Å². The van der Waals surface area contributed by atoms with Crippen molar-refractivity contribution in [2.45, 2.75) is 128 Å². The Labute approximate surface area is 194 Å². The zero-order chi connectivity index (χ0) is 18.9. The minimum Gasteiger partial charge on any atom is -0.481 e. The highest BCUT2D eigenvalue weighted by atomic mass is 16.6. The lowest BCUT2D eigenvalue weighted by molar-refractivity contribution is -0.204. The Balaban J connectivity index is -0.00000157. The van der Waals surface area contributed by atoms with Crippen LogP contribution in [-0.4, -0.2) is 22.6 Å². The molecule has 0 aromatic heterocycles. The second kappa shape index (κ2) is 14.2.